The Labute approximate surface area is 202 Å². The number of likely N-dealkylation sites (tertiary alicyclic amines) is 1. The van der Waals surface area contributed by atoms with Crippen LogP contribution in [-0.4, -0.2) is 58.2 Å². The van der Waals surface area contributed by atoms with Crippen LogP contribution in [0.2, 0.25) is 0 Å². The summed E-state index contributed by atoms with van der Waals surface area (Å²) in [7, 11) is 0. The maximum Gasteiger partial charge on any atom is 0.424 e. The first-order valence-corrected chi connectivity index (χ1v) is 12.4. The summed E-state index contributed by atoms with van der Waals surface area (Å²) >= 11 is 0. The molecule has 2 rings (SSSR count). The van der Waals surface area contributed by atoms with E-state index in [2.05, 4.69) is 5.32 Å². The van der Waals surface area contributed by atoms with Crippen molar-refractivity contribution in [1.29, 1.82) is 0 Å². The summed E-state index contributed by atoms with van der Waals surface area (Å²) in [6.45, 7) is 9.07. The van der Waals surface area contributed by atoms with Gasteiger partial charge in [0.05, 0.1) is 12.6 Å². The second-order valence-electron chi connectivity index (χ2n) is 10.5. The van der Waals surface area contributed by atoms with Gasteiger partial charge in [-0.15, -0.1) is 0 Å². The molecule has 1 aliphatic rings. The molecule has 34 heavy (non-hydrogen) atoms. The average Bonchev–Trinajstić information content (AvgIpc) is 3.18. The second-order valence-corrected chi connectivity index (χ2v) is 10.5. The van der Waals surface area contributed by atoms with Crippen molar-refractivity contribution in [2.24, 2.45) is 17.6 Å². The fourth-order valence-electron chi connectivity index (χ4n) is 4.81. The number of carbonyl (C=O) groups is 2. The number of imide groups is 1. The van der Waals surface area contributed by atoms with Crippen LogP contribution >= 0.6 is 0 Å². The third-order valence-corrected chi connectivity index (χ3v) is 7.24. The Kier molecular flexibility index (Phi) is 9.74. The number of carbonyl (C=O) groups excluding carboxylic acids is 2. The molecule has 0 spiro atoms. The molecule has 3 unspecified atom stereocenters. The highest BCUT2D eigenvalue weighted by Crippen LogP contribution is 2.33. The Hall–Kier alpha value is -1.90. The standard InChI is InChI=1S/C26H41F2N3O3/c1-17(2)21(29)24(33)31(16-10-11-19(31)5)25(34)30-22(18(3)4)23(32)26(27,28)15-9-14-20-12-7-6-8-13-20/h6-8,12-13,17-19,21-23,32H,9-11,14-16,29H2,1-5H3/p+1/t19-,21+,22?,23?,31?/m1/s1. The van der Waals surface area contributed by atoms with Gasteiger partial charge in [0.1, 0.15) is 18.2 Å². The van der Waals surface area contributed by atoms with Gasteiger partial charge in [0.25, 0.3) is 5.92 Å². The van der Waals surface area contributed by atoms with Gasteiger partial charge in [-0.1, -0.05) is 58.0 Å². The maximum absolute atomic E-state index is 15.0. The Bertz CT molecular complexity index is 819. The minimum Gasteiger partial charge on any atom is -0.385 e. The number of hydrogen-bond donors (Lipinski definition) is 3. The Morgan fingerprint density at radius 3 is 2.29 bits per heavy atom. The number of quaternary nitrogens is 1. The van der Waals surface area contributed by atoms with E-state index >= 15 is 8.78 Å². The minimum atomic E-state index is -3.39. The van der Waals surface area contributed by atoms with E-state index in [1.54, 1.807) is 13.8 Å². The number of aliphatic hydroxyl groups excluding tert-OH is 1. The lowest BCUT2D eigenvalue weighted by Gasteiger charge is -2.38. The van der Waals surface area contributed by atoms with Crippen LogP contribution in [0.1, 0.15) is 65.9 Å². The van der Waals surface area contributed by atoms with Crippen molar-refractivity contribution >= 4 is 11.9 Å². The predicted octanol–water partition coefficient (Wildman–Crippen LogP) is 4.25. The molecule has 4 N–H and O–H groups in total. The maximum atomic E-state index is 15.0. The fraction of sp³-hybridized carbons (Fsp3) is 0.692. The average molecular weight is 483 g/mol. The summed E-state index contributed by atoms with van der Waals surface area (Å²) in [6, 6.07) is 6.34. The lowest BCUT2D eigenvalue weighted by molar-refractivity contribution is -0.786. The molecule has 0 saturated carbocycles. The van der Waals surface area contributed by atoms with Crippen LogP contribution < -0.4 is 11.1 Å². The highest BCUT2D eigenvalue weighted by Gasteiger charge is 2.56. The Morgan fingerprint density at radius 2 is 1.79 bits per heavy atom. The van der Waals surface area contributed by atoms with Gasteiger partial charge in [-0.25, -0.2) is 18.4 Å². The lowest BCUT2D eigenvalue weighted by atomic mass is 9.91. The number of nitrogens with one attached hydrogen (secondary N) is 1. The highest BCUT2D eigenvalue weighted by atomic mass is 19.3. The number of amides is 3. The molecular formula is C26H42F2N3O3+. The molecule has 5 atom stereocenters. The minimum absolute atomic E-state index is 0.163. The quantitative estimate of drug-likeness (QED) is 0.435. The first-order valence-electron chi connectivity index (χ1n) is 12.4. The zero-order chi connectivity index (χ0) is 25.7. The molecule has 0 radical (unpaired) electrons. The van der Waals surface area contributed by atoms with Gasteiger partial charge in [0.2, 0.25) is 0 Å². The van der Waals surface area contributed by atoms with Crippen molar-refractivity contribution in [1.82, 2.24) is 5.32 Å². The normalized spacial score (nSPS) is 23.7. The Morgan fingerprint density at radius 1 is 1.18 bits per heavy atom. The molecule has 1 saturated heterocycles. The number of benzene rings is 1. The van der Waals surface area contributed by atoms with Gasteiger partial charge >= 0.3 is 11.9 Å². The molecule has 1 aromatic rings. The van der Waals surface area contributed by atoms with E-state index in [1.165, 1.54) is 0 Å². The van der Waals surface area contributed by atoms with E-state index < -0.39 is 52.9 Å². The van der Waals surface area contributed by atoms with Crippen molar-refractivity contribution in [3.8, 4) is 0 Å². The summed E-state index contributed by atoms with van der Waals surface area (Å²) in [5, 5.41) is 13.3. The lowest BCUT2D eigenvalue weighted by Crippen LogP contribution is -2.69. The molecule has 0 bridgehead atoms. The zero-order valence-electron chi connectivity index (χ0n) is 21.1. The van der Waals surface area contributed by atoms with Gasteiger partial charge in [0, 0.05) is 19.3 Å². The van der Waals surface area contributed by atoms with E-state index in [4.69, 9.17) is 5.73 Å². The number of rotatable bonds is 10. The zero-order valence-corrected chi connectivity index (χ0v) is 21.1. The van der Waals surface area contributed by atoms with Gasteiger partial charge in [-0.05, 0) is 37.2 Å². The molecule has 1 fully saturated rings. The number of hydrogen-bond acceptors (Lipinski definition) is 4. The summed E-state index contributed by atoms with van der Waals surface area (Å²) in [4.78, 5) is 26.9. The number of nitrogens with two attached hydrogens (primary N) is 1. The van der Waals surface area contributed by atoms with Crippen LogP contribution in [-0.2, 0) is 11.2 Å². The van der Waals surface area contributed by atoms with Crippen molar-refractivity contribution in [3.05, 3.63) is 35.9 Å². The van der Waals surface area contributed by atoms with Crippen molar-refractivity contribution < 1.29 is 28.0 Å². The van der Waals surface area contributed by atoms with Crippen LogP contribution in [0.25, 0.3) is 0 Å². The summed E-state index contributed by atoms with van der Waals surface area (Å²) in [6.07, 6.45) is -0.578. The smallest absolute Gasteiger partial charge is 0.385 e. The SMILES string of the molecule is CC(C)C(NC(=O)[N+]1(C(=O)[C@@H](N)C(C)C)CCC[C@H]1C)C(O)C(F)(F)CCCc1ccccc1. The van der Waals surface area contributed by atoms with E-state index in [0.29, 0.717) is 19.3 Å². The van der Waals surface area contributed by atoms with E-state index in [0.717, 1.165) is 5.56 Å². The van der Waals surface area contributed by atoms with E-state index in [1.807, 2.05) is 51.1 Å². The molecule has 6 nitrogen and oxygen atoms in total. The number of nitrogens with zero attached hydrogens (tertiary/aromatic N) is 1. The molecule has 0 aromatic heterocycles. The first-order chi connectivity index (χ1) is 15.8. The van der Waals surface area contributed by atoms with Gasteiger partial charge in [0.15, 0.2) is 0 Å². The number of aliphatic hydroxyl groups is 1. The van der Waals surface area contributed by atoms with Gasteiger partial charge < -0.3 is 10.8 Å². The van der Waals surface area contributed by atoms with E-state index in [9.17, 15) is 14.7 Å². The van der Waals surface area contributed by atoms with Crippen LogP contribution in [0.5, 0.6) is 0 Å². The number of aryl methyl sites for hydroxylation is 1. The van der Waals surface area contributed by atoms with E-state index in [-0.39, 0.29) is 24.9 Å². The van der Waals surface area contributed by atoms with Crippen molar-refractivity contribution in [2.45, 2.75) is 96.9 Å². The summed E-state index contributed by atoms with van der Waals surface area (Å²) < 4.78 is 29.6. The summed E-state index contributed by atoms with van der Waals surface area (Å²) in [5.74, 6) is -4.42. The second kappa shape index (κ2) is 11.7. The summed E-state index contributed by atoms with van der Waals surface area (Å²) in [5.41, 5.74) is 7.09. The monoisotopic (exact) mass is 482 g/mol. The number of halogens is 2. The van der Waals surface area contributed by atoms with Crippen molar-refractivity contribution in [3.63, 3.8) is 0 Å². The fourth-order valence-corrected chi connectivity index (χ4v) is 4.81. The van der Waals surface area contributed by atoms with Gasteiger partial charge in [-0.2, -0.15) is 4.48 Å². The molecule has 1 aromatic carbocycles. The molecule has 8 heteroatoms. The molecule has 3 amide bonds. The Balaban J connectivity index is 2.17. The molecule has 1 aliphatic heterocycles. The molecule has 1 heterocycles. The molecule has 192 valence electrons. The highest BCUT2D eigenvalue weighted by molar-refractivity contribution is 5.87. The molecular weight excluding hydrogens is 440 g/mol. The topological polar surface area (TPSA) is 92.4 Å². The third-order valence-electron chi connectivity index (χ3n) is 7.24. The van der Waals surface area contributed by atoms with Gasteiger partial charge in [-0.3, -0.25) is 5.32 Å². The third kappa shape index (κ3) is 6.20. The predicted molar refractivity (Wildman–Crippen MR) is 129 cm³/mol. The number of urea groups is 1. The first kappa shape index (κ1) is 28.3. The largest absolute Gasteiger partial charge is 0.424 e. The molecule has 0 aliphatic carbocycles. The van der Waals surface area contributed by atoms with Crippen LogP contribution in [0.15, 0.2) is 30.3 Å². The van der Waals surface area contributed by atoms with Crippen LogP contribution in [0, 0.1) is 11.8 Å². The van der Waals surface area contributed by atoms with Crippen LogP contribution in [0.3, 0.4) is 0 Å². The van der Waals surface area contributed by atoms with Crippen LogP contribution in [0.4, 0.5) is 13.6 Å². The van der Waals surface area contributed by atoms with Crippen molar-refractivity contribution in [2.75, 3.05) is 6.54 Å². The number of alkyl halides is 2.